The van der Waals surface area contributed by atoms with Crippen molar-refractivity contribution in [1.29, 1.82) is 0 Å². The molecule has 0 saturated carbocycles. The lowest BCUT2D eigenvalue weighted by Crippen LogP contribution is -2.46. The third-order valence-corrected chi connectivity index (χ3v) is 5.30. The summed E-state index contributed by atoms with van der Waals surface area (Å²) in [5, 5.41) is 3.72. The molecule has 2 aromatic rings. The third kappa shape index (κ3) is 5.19. The quantitative estimate of drug-likeness (QED) is 0.729. The van der Waals surface area contributed by atoms with Gasteiger partial charge >= 0.3 is 0 Å². The van der Waals surface area contributed by atoms with Gasteiger partial charge in [-0.1, -0.05) is 0 Å². The summed E-state index contributed by atoms with van der Waals surface area (Å²) in [6.07, 6.45) is 4.68. The minimum Gasteiger partial charge on any atom is -0.493 e. The number of carbonyl (C=O) groups is 1. The van der Waals surface area contributed by atoms with Crippen molar-refractivity contribution in [3.05, 3.63) is 28.8 Å². The number of nitrogens with one attached hydrogen (secondary N) is 1. The summed E-state index contributed by atoms with van der Waals surface area (Å²) >= 11 is 0. The number of fused-ring (bicyclic) bond motifs is 1. The monoisotopic (exact) mass is 424 g/mol. The molecule has 1 saturated heterocycles. The van der Waals surface area contributed by atoms with E-state index < -0.39 is 0 Å². The Bertz CT molecular complexity index is 902. The number of halogens is 1. The van der Waals surface area contributed by atoms with Crippen molar-refractivity contribution in [2.75, 3.05) is 34.4 Å². The van der Waals surface area contributed by atoms with E-state index in [1.807, 2.05) is 11.9 Å². The number of hydrogen-bond donors (Lipinski definition) is 1. The van der Waals surface area contributed by atoms with Gasteiger partial charge in [-0.25, -0.2) is 4.98 Å². The molecule has 160 valence electrons. The molecule has 1 amide bonds. The van der Waals surface area contributed by atoms with Crippen molar-refractivity contribution in [3.8, 4) is 11.5 Å². The number of likely N-dealkylation sites (N-methyl/N-ethyl adjacent to an activating group) is 1. The normalized spacial score (nSPS) is 16.4. The Labute approximate surface area is 176 Å². The van der Waals surface area contributed by atoms with Gasteiger partial charge in [-0.15, -0.1) is 12.4 Å². The van der Waals surface area contributed by atoms with Gasteiger partial charge < -0.3 is 19.7 Å². The van der Waals surface area contributed by atoms with Gasteiger partial charge in [0.2, 0.25) is 5.91 Å². The predicted octanol–water partition coefficient (Wildman–Crippen LogP) is 1.83. The van der Waals surface area contributed by atoms with E-state index in [1.165, 1.54) is 13.4 Å². The fourth-order valence-electron chi connectivity index (χ4n) is 3.64. The summed E-state index contributed by atoms with van der Waals surface area (Å²) in [5.41, 5.74) is 0.410. The molecule has 1 unspecified atom stereocenters. The van der Waals surface area contributed by atoms with Crippen molar-refractivity contribution in [2.45, 2.75) is 38.3 Å². The van der Waals surface area contributed by atoms with E-state index in [2.05, 4.69) is 10.3 Å². The zero-order valence-electron chi connectivity index (χ0n) is 17.1. The van der Waals surface area contributed by atoms with Crippen LogP contribution >= 0.6 is 12.4 Å². The molecule has 1 fully saturated rings. The highest BCUT2D eigenvalue weighted by molar-refractivity contribution is 5.85. The van der Waals surface area contributed by atoms with Gasteiger partial charge in [0.05, 0.1) is 31.4 Å². The van der Waals surface area contributed by atoms with Crippen LogP contribution in [0, 0.1) is 0 Å². The van der Waals surface area contributed by atoms with E-state index in [1.54, 1.807) is 23.8 Å². The fourth-order valence-corrected chi connectivity index (χ4v) is 3.64. The first-order chi connectivity index (χ1) is 13.6. The number of piperidine rings is 1. The predicted molar refractivity (Wildman–Crippen MR) is 114 cm³/mol. The van der Waals surface area contributed by atoms with Crippen LogP contribution in [0.1, 0.15) is 25.7 Å². The van der Waals surface area contributed by atoms with Gasteiger partial charge in [0, 0.05) is 38.2 Å². The zero-order valence-corrected chi connectivity index (χ0v) is 18.0. The molecule has 1 atom stereocenters. The lowest BCUT2D eigenvalue weighted by molar-refractivity contribution is -0.132. The molecule has 0 bridgehead atoms. The van der Waals surface area contributed by atoms with Crippen molar-refractivity contribution in [2.24, 2.45) is 0 Å². The molecule has 29 heavy (non-hydrogen) atoms. The van der Waals surface area contributed by atoms with Crippen LogP contribution in [-0.2, 0) is 11.3 Å². The molecule has 0 aliphatic carbocycles. The van der Waals surface area contributed by atoms with Crippen molar-refractivity contribution >= 4 is 29.2 Å². The van der Waals surface area contributed by atoms with E-state index in [-0.39, 0.29) is 23.9 Å². The van der Waals surface area contributed by atoms with E-state index in [9.17, 15) is 9.59 Å². The Morgan fingerprint density at radius 3 is 2.69 bits per heavy atom. The summed E-state index contributed by atoms with van der Waals surface area (Å²) in [5.74, 6) is 1.17. The molecule has 1 aliphatic heterocycles. The molecule has 3 rings (SSSR count). The number of hydrogen-bond acceptors (Lipinski definition) is 6. The average Bonchev–Trinajstić information content (AvgIpc) is 2.74. The van der Waals surface area contributed by atoms with Crippen LogP contribution < -0.4 is 20.3 Å². The molecular weight excluding hydrogens is 396 g/mol. The molecule has 8 nitrogen and oxygen atoms in total. The van der Waals surface area contributed by atoms with Crippen LogP contribution in [0.15, 0.2) is 23.3 Å². The number of aryl methyl sites for hydroxylation is 1. The lowest BCUT2D eigenvalue weighted by Gasteiger charge is -2.32. The van der Waals surface area contributed by atoms with Crippen LogP contribution in [0.25, 0.3) is 10.9 Å². The van der Waals surface area contributed by atoms with Gasteiger partial charge in [-0.3, -0.25) is 14.2 Å². The highest BCUT2D eigenvalue weighted by Crippen LogP contribution is 2.29. The molecule has 0 radical (unpaired) electrons. The van der Waals surface area contributed by atoms with E-state index in [4.69, 9.17) is 9.47 Å². The molecule has 0 spiro atoms. The number of benzene rings is 1. The Kier molecular flexibility index (Phi) is 8.28. The number of amides is 1. The van der Waals surface area contributed by atoms with Crippen molar-refractivity contribution in [1.82, 2.24) is 19.8 Å². The number of ether oxygens (including phenoxy) is 2. The first kappa shape index (κ1) is 23.0. The second-order valence-electron chi connectivity index (χ2n) is 7.04. The Morgan fingerprint density at radius 1 is 1.28 bits per heavy atom. The third-order valence-electron chi connectivity index (χ3n) is 5.30. The average molecular weight is 425 g/mol. The lowest BCUT2D eigenvalue weighted by atomic mass is 10.1. The summed E-state index contributed by atoms with van der Waals surface area (Å²) in [4.78, 5) is 31.5. The minimum atomic E-state index is -0.147. The maximum Gasteiger partial charge on any atom is 0.261 e. The smallest absolute Gasteiger partial charge is 0.261 e. The van der Waals surface area contributed by atoms with Gasteiger partial charge in [0.1, 0.15) is 0 Å². The standard InChI is InChI=1S/C20H28N4O4.ClH/c1-21-14-6-4-8-23(12-14)19(25)7-5-9-24-13-22-16-11-18(28-3)17(27-2)10-15(16)20(24)26;/h10-11,13-14,21H,4-9,12H2,1-3H3;1H. The molecule has 1 aliphatic rings. The Morgan fingerprint density at radius 2 is 2.00 bits per heavy atom. The first-order valence-electron chi connectivity index (χ1n) is 9.63. The number of likely N-dealkylation sites (tertiary alicyclic amines) is 1. The second-order valence-corrected chi connectivity index (χ2v) is 7.04. The number of rotatable bonds is 7. The summed E-state index contributed by atoms with van der Waals surface area (Å²) < 4.78 is 12.1. The summed E-state index contributed by atoms with van der Waals surface area (Å²) in [6.45, 7) is 2.02. The highest BCUT2D eigenvalue weighted by atomic mass is 35.5. The van der Waals surface area contributed by atoms with Crippen molar-refractivity contribution < 1.29 is 14.3 Å². The molecule has 9 heteroatoms. The number of carbonyl (C=O) groups excluding carboxylic acids is 1. The number of nitrogens with zero attached hydrogens (tertiary/aromatic N) is 3. The largest absolute Gasteiger partial charge is 0.493 e. The summed E-state index contributed by atoms with van der Waals surface area (Å²) in [7, 11) is 5.01. The summed E-state index contributed by atoms with van der Waals surface area (Å²) in [6, 6.07) is 3.71. The van der Waals surface area contributed by atoms with E-state index in [0.29, 0.717) is 47.8 Å². The zero-order chi connectivity index (χ0) is 20.1. The molecule has 1 aromatic heterocycles. The Hall–Kier alpha value is -2.32. The van der Waals surface area contributed by atoms with Crippen LogP contribution in [0.2, 0.25) is 0 Å². The van der Waals surface area contributed by atoms with Gasteiger partial charge in [0.15, 0.2) is 11.5 Å². The van der Waals surface area contributed by atoms with Gasteiger partial charge in [0.25, 0.3) is 5.56 Å². The number of methoxy groups -OCH3 is 2. The van der Waals surface area contributed by atoms with E-state index >= 15 is 0 Å². The van der Waals surface area contributed by atoms with Crippen LogP contribution in [0.5, 0.6) is 11.5 Å². The molecular formula is C20H29ClN4O4. The van der Waals surface area contributed by atoms with Crippen LogP contribution in [-0.4, -0.2) is 60.8 Å². The fraction of sp³-hybridized carbons (Fsp3) is 0.550. The number of aromatic nitrogens is 2. The van der Waals surface area contributed by atoms with Gasteiger partial charge in [-0.2, -0.15) is 0 Å². The SMILES string of the molecule is CNC1CCCN(C(=O)CCCn2cnc3cc(OC)c(OC)cc3c2=O)C1.Cl. The maximum absolute atomic E-state index is 12.8. The first-order valence-corrected chi connectivity index (χ1v) is 9.63. The highest BCUT2D eigenvalue weighted by Gasteiger charge is 2.22. The minimum absolute atomic E-state index is 0. The van der Waals surface area contributed by atoms with Crippen LogP contribution in [0.4, 0.5) is 0 Å². The molecule has 2 heterocycles. The molecule has 1 N–H and O–H groups in total. The second kappa shape index (κ2) is 10.5. The van der Waals surface area contributed by atoms with Gasteiger partial charge in [-0.05, 0) is 32.4 Å². The topological polar surface area (TPSA) is 85.7 Å². The van der Waals surface area contributed by atoms with Crippen molar-refractivity contribution in [3.63, 3.8) is 0 Å². The maximum atomic E-state index is 12.8. The van der Waals surface area contributed by atoms with Crippen LogP contribution in [0.3, 0.4) is 0 Å². The Balaban J connectivity index is 0.00000300. The molecule has 1 aromatic carbocycles. The van der Waals surface area contributed by atoms with E-state index in [0.717, 1.165) is 25.9 Å².